The number of hydrogen-bond donors (Lipinski definition) is 1. The minimum Gasteiger partial charge on any atom is -0.458 e. The standard InChI is InChI=1S/C21H22ClN3O2S/c1-12-8-9-14(22)10-16(12)25-19-17-13(2)18(28-20(17)24-11-23-19)21(26)27-15-6-4-3-5-7-15/h8-11,15H,3-7H2,1-2H3,(H,23,24,25). The average molecular weight is 416 g/mol. The molecule has 7 heteroatoms. The van der Waals surface area contributed by atoms with Crippen LogP contribution in [0.5, 0.6) is 0 Å². The van der Waals surface area contributed by atoms with Gasteiger partial charge in [0, 0.05) is 10.7 Å². The number of halogens is 1. The van der Waals surface area contributed by atoms with E-state index in [1.807, 2.05) is 32.0 Å². The minimum atomic E-state index is -0.253. The highest BCUT2D eigenvalue weighted by Gasteiger charge is 2.24. The maximum atomic E-state index is 12.8. The van der Waals surface area contributed by atoms with Crippen molar-refractivity contribution in [3.05, 3.63) is 45.6 Å². The molecule has 4 rings (SSSR count). The largest absolute Gasteiger partial charge is 0.458 e. The Balaban J connectivity index is 1.66. The molecule has 0 saturated heterocycles. The first-order valence-electron chi connectivity index (χ1n) is 9.51. The van der Waals surface area contributed by atoms with E-state index in [1.165, 1.54) is 24.1 Å². The van der Waals surface area contributed by atoms with Crippen LogP contribution in [-0.2, 0) is 4.74 Å². The summed E-state index contributed by atoms with van der Waals surface area (Å²) in [5, 5.41) is 4.85. The number of aromatic nitrogens is 2. The van der Waals surface area contributed by atoms with E-state index in [4.69, 9.17) is 16.3 Å². The zero-order valence-electron chi connectivity index (χ0n) is 15.9. The molecule has 1 fully saturated rings. The molecule has 1 aliphatic rings. The smallest absolute Gasteiger partial charge is 0.348 e. The summed E-state index contributed by atoms with van der Waals surface area (Å²) < 4.78 is 5.77. The predicted octanol–water partition coefficient (Wildman–Crippen LogP) is 6.19. The molecule has 5 nitrogen and oxygen atoms in total. The van der Waals surface area contributed by atoms with E-state index in [0.29, 0.717) is 15.7 Å². The van der Waals surface area contributed by atoms with Gasteiger partial charge < -0.3 is 10.1 Å². The lowest BCUT2D eigenvalue weighted by atomic mass is 9.98. The number of esters is 1. The van der Waals surface area contributed by atoms with Gasteiger partial charge in [-0.05, 0) is 62.8 Å². The molecule has 28 heavy (non-hydrogen) atoms. The number of thiophene rings is 1. The molecular formula is C21H22ClN3O2S. The number of carbonyl (C=O) groups is 1. The SMILES string of the molecule is Cc1ccc(Cl)cc1Nc1ncnc2sc(C(=O)OC3CCCCC3)c(C)c12. The van der Waals surface area contributed by atoms with E-state index in [1.54, 1.807) is 0 Å². The van der Waals surface area contributed by atoms with Gasteiger partial charge in [0.1, 0.15) is 28.0 Å². The summed E-state index contributed by atoms with van der Waals surface area (Å²) in [6, 6.07) is 5.67. The number of aryl methyl sites for hydroxylation is 2. The second-order valence-electron chi connectivity index (χ2n) is 7.21. The number of anilines is 2. The van der Waals surface area contributed by atoms with Gasteiger partial charge in [0.15, 0.2) is 0 Å². The van der Waals surface area contributed by atoms with Crippen LogP contribution in [0, 0.1) is 13.8 Å². The van der Waals surface area contributed by atoms with Crippen molar-refractivity contribution in [3.63, 3.8) is 0 Å². The molecule has 0 bridgehead atoms. The molecule has 2 heterocycles. The van der Waals surface area contributed by atoms with Gasteiger partial charge in [-0.2, -0.15) is 0 Å². The van der Waals surface area contributed by atoms with E-state index in [0.717, 1.165) is 52.7 Å². The molecule has 1 aromatic carbocycles. The number of fused-ring (bicyclic) bond motifs is 1. The summed E-state index contributed by atoms with van der Waals surface area (Å²) in [6.45, 7) is 3.93. The molecular weight excluding hydrogens is 394 g/mol. The van der Waals surface area contributed by atoms with Crippen molar-refractivity contribution < 1.29 is 9.53 Å². The Hall–Kier alpha value is -2.18. The van der Waals surface area contributed by atoms with Gasteiger partial charge in [0.2, 0.25) is 0 Å². The molecule has 1 N–H and O–H groups in total. The van der Waals surface area contributed by atoms with Crippen molar-refractivity contribution in [3.8, 4) is 0 Å². The van der Waals surface area contributed by atoms with Crippen molar-refractivity contribution in [1.82, 2.24) is 9.97 Å². The Labute approximate surface area is 173 Å². The van der Waals surface area contributed by atoms with E-state index in [2.05, 4.69) is 15.3 Å². The topological polar surface area (TPSA) is 64.1 Å². The summed E-state index contributed by atoms with van der Waals surface area (Å²) in [5.41, 5.74) is 2.79. The Bertz CT molecular complexity index is 1030. The lowest BCUT2D eigenvalue weighted by molar-refractivity contribution is 0.0216. The van der Waals surface area contributed by atoms with Gasteiger partial charge in [-0.25, -0.2) is 14.8 Å². The Morgan fingerprint density at radius 1 is 1.21 bits per heavy atom. The second kappa shape index (κ2) is 8.05. The average Bonchev–Trinajstić information content (AvgIpc) is 3.03. The summed E-state index contributed by atoms with van der Waals surface area (Å²) in [7, 11) is 0. The van der Waals surface area contributed by atoms with Crippen molar-refractivity contribution in [2.24, 2.45) is 0 Å². The monoisotopic (exact) mass is 415 g/mol. The lowest BCUT2D eigenvalue weighted by Gasteiger charge is -2.21. The number of carbonyl (C=O) groups excluding carboxylic acids is 1. The number of ether oxygens (including phenoxy) is 1. The van der Waals surface area contributed by atoms with Crippen molar-refractivity contribution in [2.45, 2.75) is 52.1 Å². The first-order valence-corrected chi connectivity index (χ1v) is 10.7. The Kier molecular flexibility index (Phi) is 5.51. The van der Waals surface area contributed by atoms with Crippen molar-refractivity contribution >= 4 is 50.6 Å². The summed E-state index contributed by atoms with van der Waals surface area (Å²) in [6.07, 6.45) is 6.93. The lowest BCUT2D eigenvalue weighted by Crippen LogP contribution is -2.20. The third-order valence-electron chi connectivity index (χ3n) is 5.19. The number of benzene rings is 1. The van der Waals surface area contributed by atoms with E-state index < -0.39 is 0 Å². The van der Waals surface area contributed by atoms with Crippen LogP contribution in [0.15, 0.2) is 24.5 Å². The third-order valence-corrected chi connectivity index (χ3v) is 6.61. The summed E-state index contributed by atoms with van der Waals surface area (Å²) in [5.74, 6) is 0.415. The number of nitrogens with one attached hydrogen (secondary N) is 1. The van der Waals surface area contributed by atoms with Crippen LogP contribution in [0.4, 0.5) is 11.5 Å². The van der Waals surface area contributed by atoms with Crippen LogP contribution in [0.25, 0.3) is 10.2 Å². The fourth-order valence-electron chi connectivity index (χ4n) is 3.61. The first kappa shape index (κ1) is 19.2. The van der Waals surface area contributed by atoms with Gasteiger partial charge >= 0.3 is 5.97 Å². The van der Waals surface area contributed by atoms with Crippen LogP contribution in [-0.4, -0.2) is 22.0 Å². The zero-order valence-corrected chi connectivity index (χ0v) is 17.5. The van der Waals surface area contributed by atoms with Crippen LogP contribution in [0.1, 0.15) is 52.9 Å². The van der Waals surface area contributed by atoms with Gasteiger partial charge in [0.25, 0.3) is 0 Å². The highest BCUT2D eigenvalue weighted by molar-refractivity contribution is 7.20. The molecule has 0 amide bonds. The van der Waals surface area contributed by atoms with Crippen LogP contribution in [0.2, 0.25) is 5.02 Å². The Morgan fingerprint density at radius 2 is 2.00 bits per heavy atom. The number of hydrogen-bond acceptors (Lipinski definition) is 6. The quantitative estimate of drug-likeness (QED) is 0.514. The summed E-state index contributed by atoms with van der Waals surface area (Å²) in [4.78, 5) is 22.9. The highest BCUT2D eigenvalue weighted by atomic mass is 35.5. The molecule has 2 aromatic heterocycles. The molecule has 0 atom stereocenters. The molecule has 0 spiro atoms. The molecule has 0 aliphatic heterocycles. The van der Waals surface area contributed by atoms with Gasteiger partial charge in [0.05, 0.1) is 5.39 Å². The highest BCUT2D eigenvalue weighted by Crippen LogP contribution is 2.36. The maximum Gasteiger partial charge on any atom is 0.348 e. The van der Waals surface area contributed by atoms with E-state index >= 15 is 0 Å². The Morgan fingerprint density at radius 3 is 2.79 bits per heavy atom. The first-order chi connectivity index (χ1) is 13.5. The van der Waals surface area contributed by atoms with Crippen LogP contribution >= 0.6 is 22.9 Å². The fourth-order valence-corrected chi connectivity index (χ4v) is 4.81. The van der Waals surface area contributed by atoms with Crippen LogP contribution in [0.3, 0.4) is 0 Å². The molecule has 1 aliphatic carbocycles. The maximum absolute atomic E-state index is 12.8. The van der Waals surface area contributed by atoms with Crippen LogP contribution < -0.4 is 5.32 Å². The molecule has 0 radical (unpaired) electrons. The van der Waals surface area contributed by atoms with E-state index in [-0.39, 0.29) is 12.1 Å². The minimum absolute atomic E-state index is 0.0312. The fraction of sp³-hybridized carbons (Fsp3) is 0.381. The number of rotatable bonds is 4. The molecule has 3 aromatic rings. The van der Waals surface area contributed by atoms with Crippen molar-refractivity contribution in [1.29, 1.82) is 0 Å². The summed E-state index contributed by atoms with van der Waals surface area (Å²) >= 11 is 7.50. The van der Waals surface area contributed by atoms with E-state index in [9.17, 15) is 4.79 Å². The second-order valence-corrected chi connectivity index (χ2v) is 8.64. The van der Waals surface area contributed by atoms with Gasteiger partial charge in [-0.1, -0.05) is 24.1 Å². The molecule has 1 saturated carbocycles. The number of nitrogens with zero attached hydrogens (tertiary/aromatic N) is 2. The normalized spacial score (nSPS) is 15.0. The van der Waals surface area contributed by atoms with Gasteiger partial charge in [-0.15, -0.1) is 11.3 Å². The molecule has 146 valence electrons. The third kappa shape index (κ3) is 3.84. The van der Waals surface area contributed by atoms with Crippen molar-refractivity contribution in [2.75, 3.05) is 5.32 Å². The van der Waals surface area contributed by atoms with Gasteiger partial charge in [-0.3, -0.25) is 0 Å². The zero-order chi connectivity index (χ0) is 19.7. The predicted molar refractivity (Wildman–Crippen MR) is 114 cm³/mol. The molecule has 0 unspecified atom stereocenters.